The van der Waals surface area contributed by atoms with E-state index >= 15 is 0 Å². The fourth-order valence-corrected chi connectivity index (χ4v) is 5.83. The molecule has 1 aromatic rings. The topological polar surface area (TPSA) is 66.5 Å². The molecule has 1 atom stereocenters. The second kappa shape index (κ2) is 9.83. The predicted octanol–water partition coefficient (Wildman–Crippen LogP) is 3.70. The number of nitrogens with zero attached hydrogens (tertiary/aromatic N) is 1. The third-order valence-electron chi connectivity index (χ3n) is 5.97. The van der Waals surface area contributed by atoms with Crippen molar-refractivity contribution in [3.05, 3.63) is 30.1 Å². The van der Waals surface area contributed by atoms with E-state index < -0.39 is 15.8 Å². The zero-order chi connectivity index (χ0) is 20.0. The monoisotopic (exact) mass is 410 g/mol. The molecule has 1 amide bonds. The lowest BCUT2D eigenvalue weighted by atomic mass is 9.90. The summed E-state index contributed by atoms with van der Waals surface area (Å²) >= 11 is 0. The van der Waals surface area contributed by atoms with Gasteiger partial charge in [0.15, 0.2) is 0 Å². The number of nitrogens with one attached hydrogen (secondary N) is 1. The van der Waals surface area contributed by atoms with Gasteiger partial charge in [-0.1, -0.05) is 32.1 Å². The van der Waals surface area contributed by atoms with Crippen LogP contribution in [0.3, 0.4) is 0 Å². The molecule has 1 aliphatic carbocycles. The lowest BCUT2D eigenvalue weighted by Gasteiger charge is -2.32. The van der Waals surface area contributed by atoms with E-state index in [-0.39, 0.29) is 22.6 Å². The standard InChI is InChI=1S/C21H31FN2O3S/c22-19-10-12-20(13-11-19)28(26,27)24-14-6-7-17(16-24)15-23-21(25)18-8-4-2-1-3-5-9-18/h10-13,17-18H,1-9,14-16H2,(H,23,25). The van der Waals surface area contributed by atoms with Gasteiger partial charge in [-0.15, -0.1) is 0 Å². The third kappa shape index (κ3) is 5.54. The molecule has 0 spiro atoms. The summed E-state index contributed by atoms with van der Waals surface area (Å²) in [5.74, 6) is -0.114. The fourth-order valence-electron chi connectivity index (χ4n) is 4.28. The van der Waals surface area contributed by atoms with Crippen LogP contribution in [0.1, 0.15) is 57.8 Å². The van der Waals surface area contributed by atoms with Gasteiger partial charge in [0.25, 0.3) is 0 Å². The van der Waals surface area contributed by atoms with Crippen LogP contribution in [-0.2, 0) is 14.8 Å². The first-order valence-electron chi connectivity index (χ1n) is 10.5. The molecule has 5 nitrogen and oxygen atoms in total. The number of benzene rings is 1. The van der Waals surface area contributed by atoms with Gasteiger partial charge >= 0.3 is 0 Å². The molecule has 0 radical (unpaired) electrons. The molecule has 0 bridgehead atoms. The predicted molar refractivity (Wildman–Crippen MR) is 107 cm³/mol. The number of amides is 1. The third-order valence-corrected chi connectivity index (χ3v) is 7.85. The minimum absolute atomic E-state index is 0.0999. The molecule has 2 aliphatic rings. The minimum Gasteiger partial charge on any atom is -0.356 e. The molecule has 28 heavy (non-hydrogen) atoms. The van der Waals surface area contributed by atoms with Crippen LogP contribution in [0.4, 0.5) is 4.39 Å². The van der Waals surface area contributed by atoms with Gasteiger partial charge < -0.3 is 5.32 Å². The average molecular weight is 411 g/mol. The number of piperidine rings is 1. The summed E-state index contributed by atoms with van der Waals surface area (Å²) in [5, 5.41) is 3.08. The number of halogens is 1. The van der Waals surface area contributed by atoms with Crippen LogP contribution in [0.25, 0.3) is 0 Å². The van der Waals surface area contributed by atoms with E-state index in [9.17, 15) is 17.6 Å². The molecule has 1 saturated carbocycles. The van der Waals surface area contributed by atoms with Crippen LogP contribution in [0.2, 0.25) is 0 Å². The van der Waals surface area contributed by atoms with Gasteiger partial charge in [-0.3, -0.25) is 4.79 Å². The van der Waals surface area contributed by atoms with Gasteiger partial charge in [0, 0.05) is 25.6 Å². The van der Waals surface area contributed by atoms with E-state index in [1.165, 1.54) is 47.8 Å². The molecule has 0 aromatic heterocycles. The highest BCUT2D eigenvalue weighted by Crippen LogP contribution is 2.25. The molecule has 1 N–H and O–H groups in total. The number of rotatable bonds is 5. The Morgan fingerprint density at radius 1 is 1.00 bits per heavy atom. The Balaban J connectivity index is 1.54. The zero-order valence-electron chi connectivity index (χ0n) is 16.4. The van der Waals surface area contributed by atoms with Gasteiger partial charge in [0.1, 0.15) is 5.82 Å². The van der Waals surface area contributed by atoms with E-state index in [2.05, 4.69) is 5.32 Å². The second-order valence-corrected chi connectivity index (χ2v) is 10.1. The van der Waals surface area contributed by atoms with Crippen LogP contribution in [0, 0.1) is 17.7 Å². The van der Waals surface area contributed by atoms with Crippen molar-refractivity contribution in [2.45, 2.75) is 62.7 Å². The summed E-state index contributed by atoms with van der Waals surface area (Å²) in [6, 6.07) is 4.96. The van der Waals surface area contributed by atoms with Crippen molar-refractivity contribution in [3.63, 3.8) is 0 Å². The van der Waals surface area contributed by atoms with Crippen molar-refractivity contribution < 1.29 is 17.6 Å². The Hall–Kier alpha value is -1.47. The first-order chi connectivity index (χ1) is 13.5. The van der Waals surface area contributed by atoms with E-state index in [1.807, 2.05) is 0 Å². The Kier molecular flexibility index (Phi) is 7.46. The highest BCUT2D eigenvalue weighted by molar-refractivity contribution is 7.89. The normalized spacial score (nSPS) is 23.0. The second-order valence-electron chi connectivity index (χ2n) is 8.11. The molecule has 7 heteroatoms. The van der Waals surface area contributed by atoms with Crippen molar-refractivity contribution in [2.24, 2.45) is 11.8 Å². The molecule has 1 aliphatic heterocycles. The molecule has 1 saturated heterocycles. The number of hydrogen-bond donors (Lipinski definition) is 1. The first kappa shape index (κ1) is 21.2. The first-order valence-corrected chi connectivity index (χ1v) is 11.9. The van der Waals surface area contributed by atoms with Gasteiger partial charge in [0.2, 0.25) is 15.9 Å². The van der Waals surface area contributed by atoms with Crippen LogP contribution in [0.15, 0.2) is 29.2 Å². The maximum atomic E-state index is 13.1. The number of sulfonamides is 1. The van der Waals surface area contributed by atoms with Crippen LogP contribution < -0.4 is 5.32 Å². The summed E-state index contributed by atoms with van der Waals surface area (Å²) in [6.07, 6.45) is 9.52. The van der Waals surface area contributed by atoms with Gasteiger partial charge in [-0.25, -0.2) is 12.8 Å². The summed E-state index contributed by atoms with van der Waals surface area (Å²) in [6.45, 7) is 1.38. The number of carbonyl (C=O) groups is 1. The van der Waals surface area contributed by atoms with Crippen molar-refractivity contribution in [2.75, 3.05) is 19.6 Å². The highest BCUT2D eigenvalue weighted by atomic mass is 32.2. The van der Waals surface area contributed by atoms with Gasteiger partial charge in [-0.2, -0.15) is 4.31 Å². The summed E-state index contributed by atoms with van der Waals surface area (Å²) in [7, 11) is -3.63. The van der Waals surface area contributed by atoms with Gasteiger partial charge in [0.05, 0.1) is 4.90 Å². The summed E-state index contributed by atoms with van der Waals surface area (Å²) < 4.78 is 40.2. The molecule has 1 unspecified atom stereocenters. The number of hydrogen-bond acceptors (Lipinski definition) is 3. The summed E-state index contributed by atoms with van der Waals surface area (Å²) in [4.78, 5) is 12.7. The SMILES string of the molecule is O=C(NCC1CCCN(S(=O)(=O)c2ccc(F)cc2)C1)C1CCCCCCC1. The van der Waals surface area contributed by atoms with Crippen molar-refractivity contribution in [3.8, 4) is 0 Å². The van der Waals surface area contributed by atoms with Crippen molar-refractivity contribution >= 4 is 15.9 Å². The largest absolute Gasteiger partial charge is 0.356 e. The van der Waals surface area contributed by atoms with Crippen molar-refractivity contribution in [1.29, 1.82) is 0 Å². The Morgan fingerprint density at radius 2 is 1.64 bits per heavy atom. The van der Waals surface area contributed by atoms with Crippen LogP contribution in [-0.4, -0.2) is 38.3 Å². The lowest BCUT2D eigenvalue weighted by molar-refractivity contribution is -0.125. The van der Waals surface area contributed by atoms with Gasteiger partial charge in [-0.05, 0) is 55.9 Å². The van der Waals surface area contributed by atoms with Crippen molar-refractivity contribution in [1.82, 2.24) is 9.62 Å². The average Bonchev–Trinajstić information content (AvgIpc) is 2.66. The summed E-state index contributed by atoms with van der Waals surface area (Å²) in [5.41, 5.74) is 0. The quantitative estimate of drug-likeness (QED) is 0.805. The Bertz CT molecular complexity index is 743. The molecule has 2 fully saturated rings. The van der Waals surface area contributed by atoms with Crippen LogP contribution in [0.5, 0.6) is 0 Å². The molecule has 1 aromatic carbocycles. The van der Waals surface area contributed by atoms with E-state index in [4.69, 9.17) is 0 Å². The van der Waals surface area contributed by atoms with E-state index in [0.717, 1.165) is 38.5 Å². The highest BCUT2D eigenvalue weighted by Gasteiger charge is 2.30. The van der Waals surface area contributed by atoms with E-state index in [1.54, 1.807) is 0 Å². The molecular weight excluding hydrogens is 379 g/mol. The van der Waals surface area contributed by atoms with Crippen LogP contribution >= 0.6 is 0 Å². The molecular formula is C21H31FN2O3S. The maximum Gasteiger partial charge on any atom is 0.243 e. The zero-order valence-corrected chi connectivity index (χ0v) is 17.2. The number of carbonyl (C=O) groups excluding carboxylic acids is 1. The maximum absolute atomic E-state index is 13.1. The minimum atomic E-state index is -3.63. The fraction of sp³-hybridized carbons (Fsp3) is 0.667. The van der Waals surface area contributed by atoms with E-state index in [0.29, 0.717) is 19.6 Å². The smallest absolute Gasteiger partial charge is 0.243 e. The Morgan fingerprint density at radius 3 is 2.32 bits per heavy atom. The molecule has 1 heterocycles. The molecule has 156 valence electrons. The lowest BCUT2D eigenvalue weighted by Crippen LogP contribution is -2.44. The molecule has 3 rings (SSSR count). The Labute approximate surface area is 167 Å².